The number of aromatic hydroxyl groups is 1. The van der Waals surface area contributed by atoms with Crippen LogP contribution in [0.3, 0.4) is 0 Å². The summed E-state index contributed by atoms with van der Waals surface area (Å²) in [6.45, 7) is 0. The lowest BCUT2D eigenvalue weighted by Crippen LogP contribution is -1.95. The molecule has 4 heteroatoms. The highest BCUT2D eigenvalue weighted by Crippen LogP contribution is 2.17. The van der Waals surface area contributed by atoms with E-state index in [0.29, 0.717) is 6.29 Å². The minimum absolute atomic E-state index is 0.0286. The number of carboxylic acid groups (broad SMARTS) is 1. The summed E-state index contributed by atoms with van der Waals surface area (Å²) in [6, 6.07) is 3.73. The lowest BCUT2D eigenvalue weighted by atomic mass is 10.1. The Morgan fingerprint density at radius 2 is 2.14 bits per heavy atom. The molecule has 0 amide bonds. The number of benzene rings is 1. The molecule has 0 spiro atoms. The van der Waals surface area contributed by atoms with Crippen molar-refractivity contribution in [3.63, 3.8) is 0 Å². The number of aldehydes is 1. The average Bonchev–Trinajstić information content (AvgIpc) is 2.15. The highest BCUT2D eigenvalue weighted by molar-refractivity contribution is 5.88. The van der Waals surface area contributed by atoms with Crippen LogP contribution in [0.15, 0.2) is 18.2 Å². The van der Waals surface area contributed by atoms with Crippen molar-refractivity contribution in [2.45, 2.75) is 0 Å². The second kappa shape index (κ2) is 4.10. The van der Waals surface area contributed by atoms with Crippen molar-refractivity contribution in [2.24, 2.45) is 0 Å². The molecular formula is C10H6O4. The zero-order chi connectivity index (χ0) is 10.6. The molecule has 0 aliphatic heterocycles. The van der Waals surface area contributed by atoms with Gasteiger partial charge in [-0.2, -0.15) is 0 Å². The molecule has 14 heavy (non-hydrogen) atoms. The molecule has 0 heterocycles. The first kappa shape index (κ1) is 9.81. The Hall–Kier alpha value is -2.28. The quantitative estimate of drug-likeness (QED) is 0.503. The Kier molecular flexibility index (Phi) is 2.87. The van der Waals surface area contributed by atoms with E-state index in [9.17, 15) is 14.7 Å². The highest BCUT2D eigenvalue weighted by Gasteiger charge is 2.05. The predicted octanol–water partition coefficient (Wildman–Crippen LogP) is 0.641. The zero-order valence-electron chi connectivity index (χ0n) is 7.02. The molecule has 0 aliphatic carbocycles. The lowest BCUT2D eigenvalue weighted by Gasteiger charge is -1.98. The molecule has 0 bridgehead atoms. The van der Waals surface area contributed by atoms with Gasteiger partial charge in [0.1, 0.15) is 5.75 Å². The molecule has 0 saturated carbocycles. The summed E-state index contributed by atoms with van der Waals surface area (Å²) in [5.41, 5.74) is 0.196. The van der Waals surface area contributed by atoms with Crippen LogP contribution in [-0.4, -0.2) is 22.5 Å². The van der Waals surface area contributed by atoms with Crippen LogP contribution in [0.25, 0.3) is 0 Å². The van der Waals surface area contributed by atoms with Gasteiger partial charge in [0, 0.05) is 0 Å². The summed E-state index contributed by atoms with van der Waals surface area (Å²) in [6.07, 6.45) is 0.393. The third-order valence-electron chi connectivity index (χ3n) is 1.51. The van der Waals surface area contributed by atoms with Gasteiger partial charge < -0.3 is 10.2 Å². The van der Waals surface area contributed by atoms with E-state index in [1.54, 1.807) is 0 Å². The van der Waals surface area contributed by atoms with Gasteiger partial charge >= 0.3 is 5.97 Å². The number of carbonyl (C=O) groups excluding carboxylic acids is 1. The second-order valence-electron chi connectivity index (χ2n) is 2.42. The maximum Gasteiger partial charge on any atom is 0.335 e. The summed E-state index contributed by atoms with van der Waals surface area (Å²) in [5, 5.41) is 17.9. The Morgan fingerprint density at radius 1 is 1.43 bits per heavy atom. The van der Waals surface area contributed by atoms with Crippen LogP contribution in [-0.2, 0) is 4.79 Å². The zero-order valence-corrected chi connectivity index (χ0v) is 7.02. The van der Waals surface area contributed by atoms with Gasteiger partial charge in [-0.1, -0.05) is 5.92 Å². The van der Waals surface area contributed by atoms with Crippen molar-refractivity contribution in [3.8, 4) is 17.6 Å². The Bertz CT molecular complexity index is 437. The van der Waals surface area contributed by atoms with Crippen LogP contribution in [0.2, 0.25) is 0 Å². The third-order valence-corrected chi connectivity index (χ3v) is 1.51. The van der Waals surface area contributed by atoms with E-state index >= 15 is 0 Å². The number of aromatic carboxylic acids is 1. The van der Waals surface area contributed by atoms with E-state index in [0.717, 1.165) is 6.07 Å². The molecule has 0 unspecified atom stereocenters. The highest BCUT2D eigenvalue weighted by atomic mass is 16.4. The summed E-state index contributed by atoms with van der Waals surface area (Å²) in [7, 11) is 0. The van der Waals surface area contributed by atoms with Crippen molar-refractivity contribution in [3.05, 3.63) is 29.3 Å². The fraction of sp³-hybridized carbons (Fsp3) is 0. The monoisotopic (exact) mass is 190 g/mol. The van der Waals surface area contributed by atoms with Crippen LogP contribution in [0.5, 0.6) is 5.75 Å². The fourth-order valence-corrected chi connectivity index (χ4v) is 0.878. The fourth-order valence-electron chi connectivity index (χ4n) is 0.878. The van der Waals surface area contributed by atoms with E-state index < -0.39 is 5.97 Å². The molecule has 70 valence electrons. The topological polar surface area (TPSA) is 74.6 Å². The number of carbonyl (C=O) groups is 2. The van der Waals surface area contributed by atoms with Gasteiger partial charge in [-0.05, 0) is 24.1 Å². The molecule has 0 radical (unpaired) electrons. The lowest BCUT2D eigenvalue weighted by molar-refractivity contribution is -0.103. The van der Waals surface area contributed by atoms with Crippen molar-refractivity contribution in [2.75, 3.05) is 0 Å². The molecular weight excluding hydrogens is 184 g/mol. The number of phenolic OH excluding ortho intramolecular Hbond substituents is 1. The van der Waals surface area contributed by atoms with E-state index in [1.807, 2.05) is 0 Å². The van der Waals surface area contributed by atoms with Crippen molar-refractivity contribution in [1.29, 1.82) is 0 Å². The molecule has 4 nitrogen and oxygen atoms in total. The first-order chi connectivity index (χ1) is 6.65. The smallest absolute Gasteiger partial charge is 0.335 e. The van der Waals surface area contributed by atoms with Gasteiger partial charge in [0.25, 0.3) is 0 Å². The molecule has 0 fully saturated rings. The van der Waals surface area contributed by atoms with Gasteiger partial charge in [-0.15, -0.1) is 0 Å². The number of hydrogen-bond acceptors (Lipinski definition) is 3. The second-order valence-corrected chi connectivity index (χ2v) is 2.42. The van der Waals surface area contributed by atoms with Crippen LogP contribution < -0.4 is 0 Å². The Labute approximate surface area is 79.8 Å². The van der Waals surface area contributed by atoms with E-state index in [4.69, 9.17) is 5.11 Å². The molecule has 0 atom stereocenters. The minimum atomic E-state index is -1.13. The minimum Gasteiger partial charge on any atom is -0.507 e. The number of carboxylic acids is 1. The first-order valence-corrected chi connectivity index (χ1v) is 3.66. The van der Waals surface area contributed by atoms with Crippen molar-refractivity contribution < 1.29 is 19.8 Å². The van der Waals surface area contributed by atoms with Gasteiger partial charge in [0.05, 0.1) is 11.1 Å². The van der Waals surface area contributed by atoms with Crippen LogP contribution >= 0.6 is 0 Å². The van der Waals surface area contributed by atoms with Crippen molar-refractivity contribution in [1.82, 2.24) is 0 Å². The molecule has 1 rings (SSSR count). The summed E-state index contributed by atoms with van der Waals surface area (Å²) in [5.74, 6) is 3.10. The third kappa shape index (κ3) is 2.11. The molecule has 1 aromatic carbocycles. The normalized spacial score (nSPS) is 8.57. The summed E-state index contributed by atoms with van der Waals surface area (Å²) >= 11 is 0. The standard InChI is InChI=1S/C10H6O4/c11-5-1-2-7-3-4-8(10(13)14)6-9(7)12/h3-6,12H,(H,13,14). The molecule has 1 aromatic rings. The largest absolute Gasteiger partial charge is 0.507 e. The van der Waals surface area contributed by atoms with E-state index in [1.165, 1.54) is 12.1 Å². The predicted molar refractivity (Wildman–Crippen MR) is 48.0 cm³/mol. The number of hydrogen-bond donors (Lipinski definition) is 2. The molecule has 0 saturated heterocycles. The van der Waals surface area contributed by atoms with Crippen LogP contribution in [0.1, 0.15) is 15.9 Å². The molecule has 0 aliphatic rings. The molecule has 2 N–H and O–H groups in total. The van der Waals surface area contributed by atoms with Crippen molar-refractivity contribution >= 4 is 12.3 Å². The first-order valence-electron chi connectivity index (χ1n) is 3.66. The summed E-state index contributed by atoms with van der Waals surface area (Å²) in [4.78, 5) is 20.4. The van der Waals surface area contributed by atoms with E-state index in [2.05, 4.69) is 11.8 Å². The van der Waals surface area contributed by atoms with Gasteiger partial charge in [-0.25, -0.2) is 4.79 Å². The number of rotatable bonds is 1. The van der Waals surface area contributed by atoms with Gasteiger partial charge in [0.2, 0.25) is 0 Å². The van der Waals surface area contributed by atoms with Gasteiger partial charge in [0.15, 0.2) is 6.29 Å². The Morgan fingerprint density at radius 3 is 2.64 bits per heavy atom. The number of phenols is 1. The van der Waals surface area contributed by atoms with Crippen LogP contribution in [0.4, 0.5) is 0 Å². The molecule has 0 aromatic heterocycles. The Balaban J connectivity index is 3.13. The summed E-state index contributed by atoms with van der Waals surface area (Å²) < 4.78 is 0. The van der Waals surface area contributed by atoms with E-state index in [-0.39, 0.29) is 16.9 Å². The van der Waals surface area contributed by atoms with Gasteiger partial charge in [-0.3, -0.25) is 4.79 Å². The maximum atomic E-state index is 10.5. The van der Waals surface area contributed by atoms with Crippen LogP contribution in [0, 0.1) is 11.8 Å². The average molecular weight is 190 g/mol. The SMILES string of the molecule is O=CC#Cc1ccc(C(=O)O)cc1O. The maximum absolute atomic E-state index is 10.5.